The van der Waals surface area contributed by atoms with Crippen LogP contribution in [0, 0.1) is 6.92 Å². The highest BCUT2D eigenvalue weighted by Gasteiger charge is 2.26. The van der Waals surface area contributed by atoms with Crippen LogP contribution < -0.4 is 10.1 Å². The van der Waals surface area contributed by atoms with Crippen molar-refractivity contribution in [3.8, 4) is 5.75 Å². The SMILES string of the molecule is CCNC(=O)[C@@H](C)N(Cc1ccc(C)cc1)C(=O)COc1ccc(C(C)(C)C)cc1Br. The molecular formula is C25H33BrN2O3. The van der Waals surface area contributed by atoms with Gasteiger partial charge in [-0.3, -0.25) is 9.59 Å². The molecule has 0 radical (unpaired) electrons. The monoisotopic (exact) mass is 488 g/mol. The quantitative estimate of drug-likeness (QED) is 0.569. The third-order valence-corrected chi connectivity index (χ3v) is 5.76. The third kappa shape index (κ3) is 7.10. The van der Waals surface area contributed by atoms with E-state index in [-0.39, 0.29) is 23.8 Å². The number of hydrogen-bond donors (Lipinski definition) is 1. The Labute approximate surface area is 194 Å². The Bertz CT molecular complexity index is 904. The number of carbonyl (C=O) groups is 2. The number of carbonyl (C=O) groups excluding carboxylic acids is 2. The average Bonchev–Trinajstić information content (AvgIpc) is 2.71. The van der Waals surface area contributed by atoms with Crippen LogP contribution in [0.5, 0.6) is 5.75 Å². The first-order valence-corrected chi connectivity index (χ1v) is 11.4. The van der Waals surface area contributed by atoms with Crippen molar-refractivity contribution < 1.29 is 14.3 Å². The molecule has 0 saturated heterocycles. The Morgan fingerprint density at radius 3 is 2.32 bits per heavy atom. The number of hydrogen-bond acceptors (Lipinski definition) is 3. The first kappa shape index (κ1) is 24.9. The summed E-state index contributed by atoms with van der Waals surface area (Å²) < 4.78 is 6.62. The Morgan fingerprint density at radius 2 is 1.77 bits per heavy atom. The van der Waals surface area contributed by atoms with Gasteiger partial charge in [-0.05, 0) is 65.4 Å². The lowest BCUT2D eigenvalue weighted by Gasteiger charge is -2.29. The summed E-state index contributed by atoms with van der Waals surface area (Å²) in [5, 5.41) is 2.80. The van der Waals surface area contributed by atoms with Gasteiger partial charge in [-0.2, -0.15) is 0 Å². The van der Waals surface area contributed by atoms with Crippen LogP contribution in [0.3, 0.4) is 0 Å². The molecule has 2 aromatic carbocycles. The molecule has 2 rings (SSSR count). The lowest BCUT2D eigenvalue weighted by molar-refractivity contribution is -0.142. The molecular weight excluding hydrogens is 456 g/mol. The maximum atomic E-state index is 13.1. The normalized spacial score (nSPS) is 12.2. The maximum Gasteiger partial charge on any atom is 0.261 e. The Balaban J connectivity index is 2.16. The molecule has 0 aliphatic rings. The molecule has 31 heavy (non-hydrogen) atoms. The molecule has 6 heteroatoms. The summed E-state index contributed by atoms with van der Waals surface area (Å²) in [6.45, 7) is 12.7. The molecule has 5 nitrogen and oxygen atoms in total. The number of nitrogens with one attached hydrogen (secondary N) is 1. The fourth-order valence-electron chi connectivity index (χ4n) is 3.10. The largest absolute Gasteiger partial charge is 0.483 e. The van der Waals surface area contributed by atoms with Gasteiger partial charge in [0.05, 0.1) is 4.47 Å². The molecule has 0 saturated carbocycles. The number of rotatable bonds is 8. The summed E-state index contributed by atoms with van der Waals surface area (Å²) in [7, 11) is 0. The second-order valence-corrected chi connectivity index (χ2v) is 9.62. The minimum atomic E-state index is -0.607. The van der Waals surface area contributed by atoms with E-state index >= 15 is 0 Å². The molecule has 1 N–H and O–H groups in total. The van der Waals surface area contributed by atoms with E-state index < -0.39 is 6.04 Å². The molecule has 168 valence electrons. The van der Waals surface area contributed by atoms with Gasteiger partial charge in [0.1, 0.15) is 11.8 Å². The summed E-state index contributed by atoms with van der Waals surface area (Å²) >= 11 is 3.55. The Hall–Kier alpha value is -2.34. The lowest BCUT2D eigenvalue weighted by Crippen LogP contribution is -2.49. The molecule has 2 aromatic rings. The van der Waals surface area contributed by atoms with Crippen molar-refractivity contribution in [1.82, 2.24) is 10.2 Å². The van der Waals surface area contributed by atoms with Crippen molar-refractivity contribution in [2.75, 3.05) is 13.2 Å². The van der Waals surface area contributed by atoms with E-state index in [0.29, 0.717) is 18.8 Å². The first-order chi connectivity index (χ1) is 14.5. The number of likely N-dealkylation sites (N-methyl/N-ethyl adjacent to an activating group) is 1. The molecule has 2 amide bonds. The smallest absolute Gasteiger partial charge is 0.261 e. The summed E-state index contributed by atoms with van der Waals surface area (Å²) in [5.74, 6) is 0.173. The van der Waals surface area contributed by atoms with E-state index in [4.69, 9.17) is 4.74 Å². The molecule has 0 unspecified atom stereocenters. The zero-order chi connectivity index (χ0) is 23.2. The topological polar surface area (TPSA) is 58.6 Å². The van der Waals surface area contributed by atoms with Gasteiger partial charge in [-0.25, -0.2) is 0 Å². The molecule has 0 aromatic heterocycles. The number of ether oxygens (including phenoxy) is 1. The van der Waals surface area contributed by atoms with E-state index in [1.165, 1.54) is 5.56 Å². The van der Waals surface area contributed by atoms with Crippen LogP contribution in [-0.2, 0) is 21.5 Å². The van der Waals surface area contributed by atoms with E-state index in [1.807, 2.05) is 56.3 Å². The highest BCUT2D eigenvalue weighted by atomic mass is 79.9. The van der Waals surface area contributed by atoms with Gasteiger partial charge in [0, 0.05) is 13.1 Å². The van der Waals surface area contributed by atoms with Crippen LogP contribution in [0.25, 0.3) is 0 Å². The van der Waals surface area contributed by atoms with Crippen molar-refractivity contribution in [2.45, 2.75) is 59.5 Å². The van der Waals surface area contributed by atoms with Crippen LogP contribution in [-0.4, -0.2) is 35.9 Å². The second kappa shape index (κ2) is 10.8. The predicted molar refractivity (Wildman–Crippen MR) is 128 cm³/mol. The zero-order valence-corrected chi connectivity index (χ0v) is 20.9. The minimum Gasteiger partial charge on any atom is -0.483 e. The van der Waals surface area contributed by atoms with E-state index in [1.54, 1.807) is 11.8 Å². The summed E-state index contributed by atoms with van der Waals surface area (Å²) in [6.07, 6.45) is 0. The molecule has 0 fully saturated rings. The van der Waals surface area contributed by atoms with Gasteiger partial charge in [0.15, 0.2) is 6.61 Å². The summed E-state index contributed by atoms with van der Waals surface area (Å²) in [5.41, 5.74) is 3.30. The van der Waals surface area contributed by atoms with Gasteiger partial charge in [0.25, 0.3) is 5.91 Å². The van der Waals surface area contributed by atoms with Crippen molar-refractivity contribution in [1.29, 1.82) is 0 Å². The van der Waals surface area contributed by atoms with Crippen LogP contribution in [0.1, 0.15) is 51.3 Å². The number of nitrogens with zero attached hydrogens (tertiary/aromatic N) is 1. The van der Waals surface area contributed by atoms with Gasteiger partial charge >= 0.3 is 0 Å². The third-order valence-electron chi connectivity index (χ3n) is 5.14. The van der Waals surface area contributed by atoms with Gasteiger partial charge < -0.3 is 15.0 Å². The first-order valence-electron chi connectivity index (χ1n) is 10.6. The highest BCUT2D eigenvalue weighted by molar-refractivity contribution is 9.10. The molecule has 0 aliphatic carbocycles. The van der Waals surface area contributed by atoms with E-state index in [0.717, 1.165) is 15.6 Å². The second-order valence-electron chi connectivity index (χ2n) is 8.76. The maximum absolute atomic E-state index is 13.1. The number of halogens is 1. The number of amides is 2. The Kier molecular flexibility index (Phi) is 8.69. The van der Waals surface area contributed by atoms with Crippen molar-refractivity contribution in [2.24, 2.45) is 0 Å². The van der Waals surface area contributed by atoms with Crippen LogP contribution in [0.2, 0.25) is 0 Å². The van der Waals surface area contributed by atoms with Crippen molar-refractivity contribution in [3.05, 3.63) is 63.6 Å². The number of aryl methyl sites for hydroxylation is 1. The van der Waals surface area contributed by atoms with E-state index in [9.17, 15) is 9.59 Å². The van der Waals surface area contributed by atoms with Crippen LogP contribution >= 0.6 is 15.9 Å². The van der Waals surface area contributed by atoms with Gasteiger partial charge in [-0.15, -0.1) is 0 Å². The fraction of sp³-hybridized carbons (Fsp3) is 0.440. The van der Waals surface area contributed by atoms with Crippen molar-refractivity contribution in [3.63, 3.8) is 0 Å². The lowest BCUT2D eigenvalue weighted by atomic mass is 9.87. The molecule has 0 heterocycles. The summed E-state index contributed by atoms with van der Waals surface area (Å²) in [4.78, 5) is 27.1. The molecule has 0 bridgehead atoms. The average molecular weight is 489 g/mol. The molecule has 0 aliphatic heterocycles. The van der Waals surface area contributed by atoms with Crippen LogP contribution in [0.15, 0.2) is 46.9 Å². The van der Waals surface area contributed by atoms with Crippen molar-refractivity contribution >= 4 is 27.7 Å². The van der Waals surface area contributed by atoms with E-state index in [2.05, 4.69) is 42.0 Å². The predicted octanol–water partition coefficient (Wildman–Crippen LogP) is 4.99. The van der Waals surface area contributed by atoms with Gasteiger partial charge in [0.2, 0.25) is 5.91 Å². The van der Waals surface area contributed by atoms with Gasteiger partial charge in [-0.1, -0.05) is 56.7 Å². The standard InChI is InChI=1S/C25H33BrN2O3/c1-7-27-24(30)18(3)28(15-19-10-8-17(2)9-11-19)23(29)16-31-22-13-12-20(14-21(22)26)25(4,5)6/h8-14,18H,7,15-16H2,1-6H3,(H,27,30)/t18-/m1/s1. The minimum absolute atomic E-state index is 0.0176. The van der Waals surface area contributed by atoms with Crippen LogP contribution in [0.4, 0.5) is 0 Å². The zero-order valence-electron chi connectivity index (χ0n) is 19.3. The Morgan fingerprint density at radius 1 is 1.13 bits per heavy atom. The molecule has 1 atom stereocenters. The highest BCUT2D eigenvalue weighted by Crippen LogP contribution is 2.31. The summed E-state index contributed by atoms with van der Waals surface area (Å²) in [6, 6.07) is 13.2. The fourth-order valence-corrected chi connectivity index (χ4v) is 3.59. The molecule has 0 spiro atoms. The number of benzene rings is 2.